The number of benzene rings is 2. The van der Waals surface area contributed by atoms with Gasteiger partial charge in [-0.1, -0.05) is 32.0 Å². The third kappa shape index (κ3) is 4.40. The predicted octanol–water partition coefficient (Wildman–Crippen LogP) is 2.80. The van der Waals surface area contributed by atoms with Crippen LogP contribution in [-0.4, -0.2) is 20.9 Å². The van der Waals surface area contributed by atoms with Crippen LogP contribution in [-0.2, 0) is 16.4 Å². The van der Waals surface area contributed by atoms with Gasteiger partial charge in [-0.25, -0.2) is 13.1 Å². The van der Waals surface area contributed by atoms with Crippen molar-refractivity contribution in [3.05, 3.63) is 59.7 Å². The van der Waals surface area contributed by atoms with Crippen LogP contribution in [0.3, 0.4) is 0 Å². The zero-order valence-electron chi connectivity index (χ0n) is 13.2. The van der Waals surface area contributed by atoms with Gasteiger partial charge in [-0.05, 0) is 42.3 Å². The molecule has 0 aliphatic heterocycles. The summed E-state index contributed by atoms with van der Waals surface area (Å²) in [7, 11) is -3.58. The second kappa shape index (κ2) is 7.39. The Hall–Kier alpha value is -2.18. The molecule has 122 valence electrons. The molecule has 0 saturated heterocycles. The van der Waals surface area contributed by atoms with Crippen molar-refractivity contribution in [1.82, 2.24) is 4.72 Å². The van der Waals surface area contributed by atoms with E-state index in [1.807, 2.05) is 24.3 Å². The maximum atomic E-state index is 12.3. The van der Waals surface area contributed by atoms with Crippen molar-refractivity contribution >= 4 is 21.6 Å². The van der Waals surface area contributed by atoms with E-state index in [0.29, 0.717) is 17.8 Å². The van der Waals surface area contributed by atoms with E-state index in [2.05, 4.69) is 17.0 Å². The van der Waals surface area contributed by atoms with Gasteiger partial charge >= 0.3 is 0 Å². The Bertz CT molecular complexity index is 784. The smallest absolute Gasteiger partial charge is 0.255 e. The minimum Gasteiger partial charge on any atom is -0.322 e. The summed E-state index contributed by atoms with van der Waals surface area (Å²) in [5.74, 6) is -0.345. The number of sulfonamides is 1. The Balaban J connectivity index is 2.19. The van der Waals surface area contributed by atoms with Crippen LogP contribution in [0.15, 0.2) is 53.4 Å². The van der Waals surface area contributed by atoms with Gasteiger partial charge in [-0.2, -0.15) is 0 Å². The van der Waals surface area contributed by atoms with Crippen molar-refractivity contribution in [2.24, 2.45) is 0 Å². The molecule has 23 heavy (non-hydrogen) atoms. The monoisotopic (exact) mass is 332 g/mol. The summed E-state index contributed by atoms with van der Waals surface area (Å²) in [6.45, 7) is 4.06. The minimum atomic E-state index is -3.58. The zero-order chi connectivity index (χ0) is 16.9. The second-order valence-corrected chi connectivity index (χ2v) is 6.80. The Kier molecular flexibility index (Phi) is 5.52. The highest BCUT2D eigenvalue weighted by molar-refractivity contribution is 7.89. The van der Waals surface area contributed by atoms with Gasteiger partial charge in [0.15, 0.2) is 0 Å². The van der Waals surface area contributed by atoms with E-state index < -0.39 is 10.0 Å². The molecule has 0 radical (unpaired) electrons. The van der Waals surface area contributed by atoms with Crippen LogP contribution in [0, 0.1) is 0 Å². The number of hydrogen-bond acceptors (Lipinski definition) is 3. The molecular weight excluding hydrogens is 312 g/mol. The van der Waals surface area contributed by atoms with Crippen molar-refractivity contribution in [3.8, 4) is 0 Å². The molecule has 0 aliphatic carbocycles. The van der Waals surface area contributed by atoms with Crippen molar-refractivity contribution in [2.75, 3.05) is 11.9 Å². The summed E-state index contributed by atoms with van der Waals surface area (Å²) in [6.07, 6.45) is 0.929. The van der Waals surface area contributed by atoms with Gasteiger partial charge < -0.3 is 5.32 Å². The van der Waals surface area contributed by atoms with Crippen LogP contribution in [0.1, 0.15) is 29.8 Å². The second-order valence-electron chi connectivity index (χ2n) is 5.03. The van der Waals surface area contributed by atoms with Crippen LogP contribution >= 0.6 is 0 Å². The van der Waals surface area contributed by atoms with Gasteiger partial charge in [0, 0.05) is 17.8 Å². The highest BCUT2D eigenvalue weighted by atomic mass is 32.2. The maximum absolute atomic E-state index is 12.3. The lowest BCUT2D eigenvalue weighted by atomic mass is 10.1. The molecule has 5 nitrogen and oxygen atoms in total. The van der Waals surface area contributed by atoms with Crippen LogP contribution in [0.25, 0.3) is 0 Å². The standard InChI is InChI=1S/C17H20N2O3S/c1-3-13-8-10-15(11-9-13)19-17(20)14-6-5-7-16(12-14)23(21,22)18-4-2/h5-12,18H,3-4H2,1-2H3,(H,19,20). The highest BCUT2D eigenvalue weighted by Gasteiger charge is 2.15. The van der Waals surface area contributed by atoms with Crippen molar-refractivity contribution in [3.63, 3.8) is 0 Å². The summed E-state index contributed by atoms with van der Waals surface area (Å²) >= 11 is 0. The van der Waals surface area contributed by atoms with E-state index in [4.69, 9.17) is 0 Å². The summed E-state index contributed by atoms with van der Waals surface area (Å²) < 4.78 is 26.4. The number of aryl methyl sites for hydroxylation is 1. The Labute approximate surface area is 136 Å². The zero-order valence-corrected chi connectivity index (χ0v) is 14.0. The van der Waals surface area contributed by atoms with E-state index in [9.17, 15) is 13.2 Å². The molecule has 2 aromatic carbocycles. The molecule has 2 N–H and O–H groups in total. The fraction of sp³-hybridized carbons (Fsp3) is 0.235. The molecule has 0 aliphatic rings. The predicted molar refractivity (Wildman–Crippen MR) is 91.1 cm³/mol. The van der Waals surface area contributed by atoms with E-state index >= 15 is 0 Å². The van der Waals surface area contributed by atoms with E-state index in [1.54, 1.807) is 19.1 Å². The number of amides is 1. The van der Waals surface area contributed by atoms with Gasteiger partial charge in [0.25, 0.3) is 5.91 Å². The normalized spacial score (nSPS) is 11.2. The van der Waals surface area contributed by atoms with Gasteiger partial charge in [0.2, 0.25) is 10.0 Å². The average molecular weight is 332 g/mol. The fourth-order valence-corrected chi connectivity index (χ4v) is 3.19. The molecule has 0 atom stereocenters. The topological polar surface area (TPSA) is 75.3 Å². The number of carbonyl (C=O) groups excluding carboxylic acids is 1. The number of carbonyl (C=O) groups is 1. The lowest BCUT2D eigenvalue weighted by Crippen LogP contribution is -2.23. The lowest BCUT2D eigenvalue weighted by molar-refractivity contribution is 0.102. The average Bonchev–Trinajstić information content (AvgIpc) is 2.55. The molecular formula is C17H20N2O3S. The first-order chi connectivity index (χ1) is 11.0. The van der Waals surface area contributed by atoms with E-state index in [-0.39, 0.29) is 10.8 Å². The van der Waals surface area contributed by atoms with Crippen molar-refractivity contribution < 1.29 is 13.2 Å². The number of nitrogens with one attached hydrogen (secondary N) is 2. The van der Waals surface area contributed by atoms with Crippen LogP contribution in [0.2, 0.25) is 0 Å². The van der Waals surface area contributed by atoms with E-state index in [0.717, 1.165) is 6.42 Å². The third-order valence-electron chi connectivity index (χ3n) is 3.36. The Morgan fingerprint density at radius 2 is 1.74 bits per heavy atom. The third-order valence-corrected chi connectivity index (χ3v) is 4.90. The molecule has 0 fully saturated rings. The molecule has 0 spiro atoms. The van der Waals surface area contributed by atoms with Crippen LogP contribution in [0.5, 0.6) is 0 Å². The molecule has 0 bridgehead atoms. The largest absolute Gasteiger partial charge is 0.322 e. The number of rotatable bonds is 6. The molecule has 0 heterocycles. The summed E-state index contributed by atoms with van der Waals surface area (Å²) in [6, 6.07) is 13.5. The Morgan fingerprint density at radius 1 is 1.04 bits per heavy atom. The molecule has 1 amide bonds. The lowest BCUT2D eigenvalue weighted by Gasteiger charge is -2.08. The minimum absolute atomic E-state index is 0.0772. The van der Waals surface area contributed by atoms with Gasteiger partial charge in [0.05, 0.1) is 4.90 Å². The van der Waals surface area contributed by atoms with Gasteiger partial charge in [-0.3, -0.25) is 4.79 Å². The quantitative estimate of drug-likeness (QED) is 0.854. The van der Waals surface area contributed by atoms with Crippen LogP contribution < -0.4 is 10.0 Å². The first-order valence-corrected chi connectivity index (χ1v) is 8.94. The fourth-order valence-electron chi connectivity index (χ4n) is 2.10. The molecule has 2 rings (SSSR count). The summed E-state index contributed by atoms with van der Waals surface area (Å²) in [4.78, 5) is 12.4. The van der Waals surface area contributed by atoms with Crippen molar-refractivity contribution in [2.45, 2.75) is 25.2 Å². The molecule has 2 aromatic rings. The van der Waals surface area contributed by atoms with E-state index in [1.165, 1.54) is 17.7 Å². The van der Waals surface area contributed by atoms with Crippen molar-refractivity contribution in [1.29, 1.82) is 0 Å². The summed E-state index contributed by atoms with van der Waals surface area (Å²) in [5, 5.41) is 2.77. The highest BCUT2D eigenvalue weighted by Crippen LogP contribution is 2.15. The molecule has 6 heteroatoms. The first kappa shape index (κ1) is 17.2. The van der Waals surface area contributed by atoms with Gasteiger partial charge in [-0.15, -0.1) is 0 Å². The number of anilines is 1. The summed E-state index contributed by atoms with van der Waals surface area (Å²) in [5.41, 5.74) is 2.15. The maximum Gasteiger partial charge on any atom is 0.255 e. The van der Waals surface area contributed by atoms with Gasteiger partial charge in [0.1, 0.15) is 0 Å². The number of hydrogen-bond donors (Lipinski definition) is 2. The molecule has 0 unspecified atom stereocenters. The first-order valence-electron chi connectivity index (χ1n) is 7.46. The van der Waals surface area contributed by atoms with Crippen LogP contribution in [0.4, 0.5) is 5.69 Å². The SMILES string of the molecule is CCNS(=O)(=O)c1cccc(C(=O)Nc2ccc(CC)cc2)c1. The molecule has 0 saturated carbocycles. The molecule has 0 aromatic heterocycles. The Morgan fingerprint density at radius 3 is 2.35 bits per heavy atom.